The number of hydrogen-bond acceptors (Lipinski definition) is 6. The van der Waals surface area contributed by atoms with E-state index in [4.69, 9.17) is 14.6 Å². The van der Waals surface area contributed by atoms with Crippen LogP contribution in [0.15, 0.2) is 0 Å². The van der Waals surface area contributed by atoms with E-state index >= 15 is 0 Å². The standard InChI is InChI=1S/C9H18O6/c1-4(2)14-9-8(13)7(12)6(11)5(3-10)15-9/h4-13H,3H2,1-2H3/t5?,6-,7?,8?,9+/m1/s1. The van der Waals surface area contributed by atoms with E-state index < -0.39 is 37.3 Å². The summed E-state index contributed by atoms with van der Waals surface area (Å²) in [7, 11) is 0. The lowest BCUT2D eigenvalue weighted by Gasteiger charge is -2.40. The molecular weight excluding hydrogens is 204 g/mol. The fraction of sp³-hybridized carbons (Fsp3) is 1.00. The van der Waals surface area contributed by atoms with Gasteiger partial charge in [0.2, 0.25) is 0 Å². The van der Waals surface area contributed by atoms with Crippen molar-refractivity contribution in [1.29, 1.82) is 0 Å². The van der Waals surface area contributed by atoms with Crippen molar-refractivity contribution in [3.05, 3.63) is 0 Å². The Morgan fingerprint density at radius 3 is 2.20 bits per heavy atom. The maximum absolute atomic E-state index is 9.53. The molecule has 0 bridgehead atoms. The van der Waals surface area contributed by atoms with Gasteiger partial charge in [-0.3, -0.25) is 0 Å². The highest BCUT2D eigenvalue weighted by Gasteiger charge is 2.44. The van der Waals surface area contributed by atoms with Crippen LogP contribution in [-0.4, -0.2) is 63.8 Å². The quantitative estimate of drug-likeness (QED) is 0.450. The highest BCUT2D eigenvalue weighted by Crippen LogP contribution is 2.22. The molecule has 0 aliphatic carbocycles. The van der Waals surface area contributed by atoms with E-state index in [9.17, 15) is 15.3 Å². The molecule has 1 saturated heterocycles. The van der Waals surface area contributed by atoms with Crippen molar-refractivity contribution in [2.45, 2.75) is 50.7 Å². The number of ether oxygens (including phenoxy) is 2. The second-order valence-electron chi connectivity index (χ2n) is 3.88. The van der Waals surface area contributed by atoms with Crippen LogP contribution in [0, 0.1) is 0 Å². The van der Waals surface area contributed by atoms with Gasteiger partial charge < -0.3 is 29.9 Å². The summed E-state index contributed by atoms with van der Waals surface area (Å²) in [6, 6.07) is 0. The Morgan fingerprint density at radius 1 is 1.13 bits per heavy atom. The Kier molecular flexibility index (Phi) is 4.45. The topological polar surface area (TPSA) is 99.4 Å². The second kappa shape index (κ2) is 5.20. The van der Waals surface area contributed by atoms with Crippen molar-refractivity contribution in [1.82, 2.24) is 0 Å². The average molecular weight is 222 g/mol. The molecule has 0 aromatic carbocycles. The van der Waals surface area contributed by atoms with Crippen molar-refractivity contribution in [3.8, 4) is 0 Å². The van der Waals surface area contributed by atoms with Crippen LogP contribution in [0.25, 0.3) is 0 Å². The van der Waals surface area contributed by atoms with Crippen LogP contribution in [0.3, 0.4) is 0 Å². The molecule has 1 rings (SSSR count). The third kappa shape index (κ3) is 2.87. The molecule has 6 nitrogen and oxygen atoms in total. The van der Waals surface area contributed by atoms with Gasteiger partial charge in [0.25, 0.3) is 0 Å². The first-order valence-electron chi connectivity index (χ1n) is 4.93. The van der Waals surface area contributed by atoms with E-state index in [1.54, 1.807) is 13.8 Å². The maximum atomic E-state index is 9.53. The fourth-order valence-corrected chi connectivity index (χ4v) is 1.45. The molecule has 15 heavy (non-hydrogen) atoms. The maximum Gasteiger partial charge on any atom is 0.186 e. The van der Waals surface area contributed by atoms with Crippen molar-refractivity contribution < 1.29 is 29.9 Å². The third-order valence-electron chi connectivity index (χ3n) is 2.25. The van der Waals surface area contributed by atoms with Crippen LogP contribution >= 0.6 is 0 Å². The van der Waals surface area contributed by atoms with Crippen LogP contribution in [0.1, 0.15) is 13.8 Å². The number of hydrogen-bond donors (Lipinski definition) is 4. The van der Waals surface area contributed by atoms with E-state index in [0.29, 0.717) is 0 Å². The zero-order chi connectivity index (χ0) is 11.6. The largest absolute Gasteiger partial charge is 0.394 e. The predicted molar refractivity (Wildman–Crippen MR) is 50.0 cm³/mol. The molecule has 5 atom stereocenters. The summed E-state index contributed by atoms with van der Waals surface area (Å²) in [4.78, 5) is 0. The van der Waals surface area contributed by atoms with E-state index in [2.05, 4.69) is 0 Å². The highest BCUT2D eigenvalue weighted by atomic mass is 16.7. The highest BCUT2D eigenvalue weighted by molar-refractivity contribution is 4.88. The molecular formula is C9H18O6. The predicted octanol–water partition coefficient (Wildman–Crippen LogP) is -1.79. The summed E-state index contributed by atoms with van der Waals surface area (Å²) in [5.41, 5.74) is 0. The molecule has 1 heterocycles. The SMILES string of the molecule is CC(C)O[C@H]1OC(CO)[C@@H](O)C(O)C1O. The molecule has 6 heteroatoms. The minimum Gasteiger partial charge on any atom is -0.394 e. The van der Waals surface area contributed by atoms with Crippen molar-refractivity contribution >= 4 is 0 Å². The van der Waals surface area contributed by atoms with Gasteiger partial charge in [-0.25, -0.2) is 0 Å². The minimum absolute atomic E-state index is 0.188. The fourth-order valence-electron chi connectivity index (χ4n) is 1.45. The molecule has 90 valence electrons. The molecule has 4 N–H and O–H groups in total. The molecule has 0 aromatic heterocycles. The van der Waals surface area contributed by atoms with Gasteiger partial charge in [-0.2, -0.15) is 0 Å². The van der Waals surface area contributed by atoms with Gasteiger partial charge in [0, 0.05) is 0 Å². The zero-order valence-corrected chi connectivity index (χ0v) is 8.78. The molecule has 1 aliphatic rings. The minimum atomic E-state index is -1.38. The normalized spacial score (nSPS) is 42.2. The van der Waals surface area contributed by atoms with Crippen LogP contribution in [0.5, 0.6) is 0 Å². The molecule has 3 unspecified atom stereocenters. The van der Waals surface area contributed by atoms with Crippen molar-refractivity contribution in [2.24, 2.45) is 0 Å². The summed E-state index contributed by atoms with van der Waals surface area (Å²) >= 11 is 0. The van der Waals surface area contributed by atoms with E-state index in [-0.39, 0.29) is 6.10 Å². The number of aliphatic hydroxyl groups is 4. The lowest BCUT2D eigenvalue weighted by Crippen LogP contribution is -2.59. The Hall–Kier alpha value is -0.240. The molecule has 0 radical (unpaired) electrons. The third-order valence-corrected chi connectivity index (χ3v) is 2.25. The van der Waals surface area contributed by atoms with Gasteiger partial charge in [-0.1, -0.05) is 0 Å². The first kappa shape index (κ1) is 12.8. The summed E-state index contributed by atoms with van der Waals surface area (Å²) in [5, 5.41) is 37.3. The van der Waals surface area contributed by atoms with E-state index in [0.717, 1.165) is 0 Å². The number of aliphatic hydroxyl groups excluding tert-OH is 4. The molecule has 0 aromatic rings. The summed E-state index contributed by atoms with van der Waals surface area (Å²) in [6.45, 7) is 3.06. The summed E-state index contributed by atoms with van der Waals surface area (Å²) in [6.07, 6.45) is -6.15. The van der Waals surface area contributed by atoms with Gasteiger partial charge >= 0.3 is 0 Å². The molecule has 1 aliphatic heterocycles. The van der Waals surface area contributed by atoms with Crippen LogP contribution in [0.2, 0.25) is 0 Å². The lowest BCUT2D eigenvalue weighted by atomic mass is 9.99. The first-order valence-corrected chi connectivity index (χ1v) is 4.93. The van der Waals surface area contributed by atoms with Crippen molar-refractivity contribution in [2.75, 3.05) is 6.61 Å². The van der Waals surface area contributed by atoms with Crippen molar-refractivity contribution in [3.63, 3.8) is 0 Å². The first-order chi connectivity index (χ1) is 6.97. The lowest BCUT2D eigenvalue weighted by molar-refractivity contribution is -0.308. The molecule has 1 fully saturated rings. The summed E-state index contributed by atoms with van der Waals surface area (Å²) in [5.74, 6) is 0. The van der Waals surface area contributed by atoms with Gasteiger partial charge in [-0.15, -0.1) is 0 Å². The average Bonchev–Trinajstić information content (AvgIpc) is 2.18. The van der Waals surface area contributed by atoms with Gasteiger partial charge in [0.15, 0.2) is 6.29 Å². The van der Waals surface area contributed by atoms with E-state index in [1.165, 1.54) is 0 Å². The second-order valence-corrected chi connectivity index (χ2v) is 3.88. The van der Waals surface area contributed by atoms with Crippen LogP contribution < -0.4 is 0 Å². The number of rotatable bonds is 3. The Bertz CT molecular complexity index is 195. The molecule has 0 saturated carbocycles. The Balaban J connectivity index is 2.65. The Labute approximate surface area is 88.1 Å². The molecule has 0 spiro atoms. The molecule has 0 amide bonds. The van der Waals surface area contributed by atoms with Crippen LogP contribution in [-0.2, 0) is 9.47 Å². The van der Waals surface area contributed by atoms with Gasteiger partial charge in [0.05, 0.1) is 12.7 Å². The monoisotopic (exact) mass is 222 g/mol. The van der Waals surface area contributed by atoms with E-state index in [1.807, 2.05) is 0 Å². The van der Waals surface area contributed by atoms with Crippen LogP contribution in [0.4, 0.5) is 0 Å². The van der Waals surface area contributed by atoms with Gasteiger partial charge in [-0.05, 0) is 13.8 Å². The smallest absolute Gasteiger partial charge is 0.186 e. The summed E-state index contributed by atoms with van der Waals surface area (Å²) < 4.78 is 10.3. The zero-order valence-electron chi connectivity index (χ0n) is 8.78. The van der Waals surface area contributed by atoms with Gasteiger partial charge in [0.1, 0.15) is 24.4 Å². The Morgan fingerprint density at radius 2 is 1.73 bits per heavy atom.